The SMILES string of the molecule is COc1ccc(C2=NN3[C@@H](C2)c2cccc(OC)c2O[C@H]3c2ccc(OCc3ccccc3)c(OC)c2)cc1. The molecule has 0 saturated carbocycles. The molecule has 2 aliphatic rings. The molecule has 7 nitrogen and oxygen atoms in total. The number of hydrazone groups is 1. The van der Waals surface area contributed by atoms with Gasteiger partial charge in [-0.05, 0) is 59.7 Å². The number of benzene rings is 4. The molecule has 0 unspecified atom stereocenters. The van der Waals surface area contributed by atoms with Crippen molar-refractivity contribution < 1.29 is 23.7 Å². The molecule has 0 amide bonds. The summed E-state index contributed by atoms with van der Waals surface area (Å²) in [6, 6.07) is 29.9. The highest BCUT2D eigenvalue weighted by molar-refractivity contribution is 6.02. The van der Waals surface area contributed by atoms with Gasteiger partial charge < -0.3 is 23.7 Å². The quantitative estimate of drug-likeness (QED) is 0.262. The van der Waals surface area contributed by atoms with Gasteiger partial charge in [0.15, 0.2) is 23.0 Å². The van der Waals surface area contributed by atoms with Crippen molar-refractivity contribution in [3.05, 3.63) is 113 Å². The van der Waals surface area contributed by atoms with E-state index in [9.17, 15) is 0 Å². The van der Waals surface area contributed by atoms with Gasteiger partial charge in [-0.3, -0.25) is 0 Å². The predicted octanol–water partition coefficient (Wildman–Crippen LogP) is 6.53. The Morgan fingerprint density at radius 2 is 1.59 bits per heavy atom. The van der Waals surface area contributed by atoms with E-state index >= 15 is 0 Å². The molecule has 0 N–H and O–H groups in total. The second-order valence-electron chi connectivity index (χ2n) is 9.41. The molecular formula is C32H30N2O5. The number of fused-ring (bicyclic) bond motifs is 3. The van der Waals surface area contributed by atoms with E-state index in [-0.39, 0.29) is 6.04 Å². The Morgan fingerprint density at radius 1 is 0.795 bits per heavy atom. The predicted molar refractivity (Wildman–Crippen MR) is 149 cm³/mol. The maximum Gasteiger partial charge on any atom is 0.214 e. The van der Waals surface area contributed by atoms with Gasteiger partial charge >= 0.3 is 0 Å². The summed E-state index contributed by atoms with van der Waals surface area (Å²) in [6.07, 6.45) is 0.258. The lowest BCUT2D eigenvalue weighted by Crippen LogP contribution is -2.33. The van der Waals surface area contributed by atoms with E-state index < -0.39 is 6.23 Å². The largest absolute Gasteiger partial charge is 0.497 e. The van der Waals surface area contributed by atoms with Crippen LogP contribution in [0.15, 0.2) is 96.1 Å². The van der Waals surface area contributed by atoms with Gasteiger partial charge in [-0.1, -0.05) is 42.5 Å². The van der Waals surface area contributed by atoms with Crippen LogP contribution in [0, 0.1) is 0 Å². The Balaban J connectivity index is 1.35. The Bertz CT molecular complexity index is 1490. The van der Waals surface area contributed by atoms with Crippen molar-refractivity contribution >= 4 is 5.71 Å². The molecule has 0 radical (unpaired) electrons. The van der Waals surface area contributed by atoms with Crippen LogP contribution in [0.4, 0.5) is 0 Å². The fourth-order valence-corrected chi connectivity index (χ4v) is 5.11. The number of methoxy groups -OCH3 is 3. The maximum atomic E-state index is 6.62. The average molecular weight is 523 g/mol. The summed E-state index contributed by atoms with van der Waals surface area (Å²) in [7, 11) is 4.98. The molecular weight excluding hydrogens is 492 g/mol. The first-order chi connectivity index (χ1) is 19.2. The van der Waals surface area contributed by atoms with Crippen LogP contribution in [0.25, 0.3) is 0 Å². The molecule has 2 atom stereocenters. The molecule has 4 aromatic carbocycles. The van der Waals surface area contributed by atoms with E-state index in [0.717, 1.165) is 45.9 Å². The van der Waals surface area contributed by atoms with E-state index in [2.05, 4.69) is 6.07 Å². The molecule has 0 saturated heterocycles. The molecule has 0 bridgehead atoms. The van der Waals surface area contributed by atoms with Crippen LogP contribution in [-0.2, 0) is 6.61 Å². The van der Waals surface area contributed by atoms with Crippen molar-refractivity contribution in [2.75, 3.05) is 21.3 Å². The van der Waals surface area contributed by atoms with Crippen LogP contribution in [0.5, 0.6) is 28.7 Å². The Hall–Kier alpha value is -4.65. The number of hydrogen-bond donors (Lipinski definition) is 0. The normalized spacial score (nSPS) is 17.4. The number of rotatable bonds is 8. The summed E-state index contributed by atoms with van der Waals surface area (Å²) < 4.78 is 29.5. The molecule has 0 aliphatic carbocycles. The van der Waals surface area contributed by atoms with Crippen molar-refractivity contribution in [3.63, 3.8) is 0 Å². The van der Waals surface area contributed by atoms with Gasteiger partial charge in [0.1, 0.15) is 12.4 Å². The molecule has 0 spiro atoms. The van der Waals surface area contributed by atoms with Gasteiger partial charge in [0.25, 0.3) is 0 Å². The zero-order valence-electron chi connectivity index (χ0n) is 22.2. The Morgan fingerprint density at radius 3 is 2.33 bits per heavy atom. The fraction of sp³-hybridized carbons (Fsp3) is 0.219. The van der Waals surface area contributed by atoms with Crippen molar-refractivity contribution in [2.24, 2.45) is 5.10 Å². The second-order valence-corrected chi connectivity index (χ2v) is 9.41. The Kier molecular flexibility index (Phi) is 6.71. The molecule has 0 aromatic heterocycles. The topological polar surface area (TPSA) is 61.8 Å². The van der Waals surface area contributed by atoms with Crippen LogP contribution in [0.3, 0.4) is 0 Å². The lowest BCUT2D eigenvalue weighted by Gasteiger charge is -2.38. The van der Waals surface area contributed by atoms with Crippen molar-refractivity contribution in [1.29, 1.82) is 0 Å². The van der Waals surface area contributed by atoms with E-state index in [1.807, 2.05) is 89.9 Å². The molecule has 2 heterocycles. The lowest BCUT2D eigenvalue weighted by molar-refractivity contribution is -0.0210. The van der Waals surface area contributed by atoms with Crippen LogP contribution in [0.2, 0.25) is 0 Å². The summed E-state index contributed by atoms with van der Waals surface area (Å²) in [5, 5.41) is 7.12. The van der Waals surface area contributed by atoms with Gasteiger partial charge in [-0.25, -0.2) is 5.01 Å². The van der Waals surface area contributed by atoms with E-state index in [1.165, 1.54) is 0 Å². The van der Waals surface area contributed by atoms with Crippen molar-refractivity contribution in [2.45, 2.75) is 25.3 Å². The summed E-state index contributed by atoms with van der Waals surface area (Å²) >= 11 is 0. The third kappa shape index (κ3) is 4.72. The monoisotopic (exact) mass is 522 g/mol. The minimum absolute atomic E-state index is 0.00838. The molecule has 0 fully saturated rings. The van der Waals surface area contributed by atoms with Crippen molar-refractivity contribution in [1.82, 2.24) is 5.01 Å². The first kappa shape index (κ1) is 24.7. The first-order valence-corrected chi connectivity index (χ1v) is 12.9. The molecule has 39 heavy (non-hydrogen) atoms. The number of nitrogens with zero attached hydrogens (tertiary/aromatic N) is 2. The molecule has 6 rings (SSSR count). The summed E-state index contributed by atoms with van der Waals surface area (Å²) in [5.41, 5.74) is 5.08. The van der Waals surface area contributed by atoms with Crippen LogP contribution < -0.4 is 23.7 Å². The third-order valence-electron chi connectivity index (χ3n) is 7.13. The highest BCUT2D eigenvalue weighted by atomic mass is 16.5. The van der Waals surface area contributed by atoms with Gasteiger partial charge in [0.05, 0.1) is 33.1 Å². The summed E-state index contributed by atoms with van der Waals surface area (Å²) in [4.78, 5) is 0. The average Bonchev–Trinajstić information content (AvgIpc) is 3.46. The highest BCUT2D eigenvalue weighted by Crippen LogP contribution is 2.51. The van der Waals surface area contributed by atoms with Gasteiger partial charge in [0, 0.05) is 17.5 Å². The smallest absolute Gasteiger partial charge is 0.214 e. The second kappa shape index (κ2) is 10.6. The first-order valence-electron chi connectivity index (χ1n) is 12.9. The minimum Gasteiger partial charge on any atom is -0.497 e. The van der Waals surface area contributed by atoms with Crippen LogP contribution >= 0.6 is 0 Å². The van der Waals surface area contributed by atoms with Crippen molar-refractivity contribution in [3.8, 4) is 28.7 Å². The summed E-state index contributed by atoms with van der Waals surface area (Å²) in [5.74, 6) is 3.55. The lowest BCUT2D eigenvalue weighted by atomic mass is 9.95. The molecule has 2 aliphatic heterocycles. The number of hydrogen-bond acceptors (Lipinski definition) is 7. The van der Waals surface area contributed by atoms with Gasteiger partial charge in [-0.2, -0.15) is 5.10 Å². The minimum atomic E-state index is -0.480. The van der Waals surface area contributed by atoms with E-state index in [1.54, 1.807) is 21.3 Å². The fourth-order valence-electron chi connectivity index (χ4n) is 5.11. The van der Waals surface area contributed by atoms with Gasteiger partial charge in [0.2, 0.25) is 6.23 Å². The van der Waals surface area contributed by atoms with E-state index in [0.29, 0.717) is 23.9 Å². The molecule has 198 valence electrons. The van der Waals surface area contributed by atoms with Gasteiger partial charge in [-0.15, -0.1) is 0 Å². The molecule has 4 aromatic rings. The standard InChI is InChI=1S/C32H30N2O5/c1-35-24-15-12-22(13-16-24)26-19-27-25-10-7-11-29(36-2)31(25)39-32(34(27)33-26)23-14-17-28(30(18-23)37-3)38-20-21-8-5-4-6-9-21/h4-18,27,32H,19-20H2,1-3H3/t27-,32-/m0/s1. The zero-order valence-corrected chi connectivity index (χ0v) is 22.2. The van der Waals surface area contributed by atoms with Crippen LogP contribution in [0.1, 0.15) is 40.9 Å². The molecule has 7 heteroatoms. The van der Waals surface area contributed by atoms with E-state index in [4.69, 9.17) is 28.8 Å². The Labute approximate surface area is 228 Å². The summed E-state index contributed by atoms with van der Waals surface area (Å²) in [6.45, 7) is 0.449. The van der Waals surface area contributed by atoms with Crippen LogP contribution in [-0.4, -0.2) is 32.0 Å². The maximum absolute atomic E-state index is 6.62. The number of ether oxygens (including phenoxy) is 5. The third-order valence-corrected chi connectivity index (χ3v) is 7.13. The zero-order chi connectivity index (χ0) is 26.8. The highest BCUT2D eigenvalue weighted by Gasteiger charge is 2.42. The number of para-hydroxylation sites is 1.